The molecule has 0 rings (SSSR count). The first-order chi connectivity index (χ1) is 3.66. The lowest BCUT2D eigenvalue weighted by molar-refractivity contribution is 0.245. The van der Waals surface area contributed by atoms with Crippen molar-refractivity contribution >= 4 is 6.03 Å². The number of carbonyl (C=O) groups excluding carboxylic acids is 1. The first-order valence-electron chi connectivity index (χ1n) is 2.72. The number of nitrogens with two attached hydrogens (primary N) is 1. The Morgan fingerprint density at radius 3 is 2.50 bits per heavy atom. The Morgan fingerprint density at radius 1 is 1.88 bits per heavy atom. The van der Waals surface area contributed by atoms with Gasteiger partial charge in [0.1, 0.15) is 0 Å². The van der Waals surface area contributed by atoms with Gasteiger partial charge < -0.3 is 11.1 Å². The van der Waals surface area contributed by atoms with Crippen molar-refractivity contribution in [1.82, 2.24) is 5.32 Å². The number of primary amides is 1. The third-order valence-electron chi connectivity index (χ3n) is 1.00. The predicted molar refractivity (Wildman–Crippen MR) is 32.5 cm³/mol. The summed E-state index contributed by atoms with van der Waals surface area (Å²) in [6.45, 7) is 3.89. The Kier molecular flexibility index (Phi) is 2.99. The van der Waals surface area contributed by atoms with Crippen molar-refractivity contribution in [3.05, 3.63) is 0 Å². The van der Waals surface area contributed by atoms with Gasteiger partial charge in [0.05, 0.1) is 0 Å². The molecular weight excluding hydrogens is 104 g/mol. The van der Waals surface area contributed by atoms with Gasteiger partial charge in [-0.05, 0) is 13.3 Å². The minimum Gasteiger partial charge on any atom is -0.352 e. The Bertz CT molecular complexity index is 82.5. The van der Waals surface area contributed by atoms with E-state index in [1.807, 2.05) is 13.8 Å². The van der Waals surface area contributed by atoms with Crippen molar-refractivity contribution in [2.24, 2.45) is 5.73 Å². The SMILES string of the molecule is CC[C@@H](C)NC(N)=O. The molecule has 0 aliphatic heterocycles. The molecule has 0 aliphatic carbocycles. The van der Waals surface area contributed by atoms with Gasteiger partial charge in [0, 0.05) is 6.04 Å². The van der Waals surface area contributed by atoms with Crippen molar-refractivity contribution in [3.8, 4) is 0 Å². The van der Waals surface area contributed by atoms with Crippen LogP contribution in [0.4, 0.5) is 4.79 Å². The lowest BCUT2D eigenvalue weighted by Gasteiger charge is -2.06. The van der Waals surface area contributed by atoms with E-state index in [2.05, 4.69) is 5.32 Å². The second-order valence-electron chi connectivity index (χ2n) is 1.82. The fraction of sp³-hybridized carbons (Fsp3) is 0.800. The maximum absolute atomic E-state index is 10.1. The molecule has 0 aromatic carbocycles. The van der Waals surface area contributed by atoms with Gasteiger partial charge in [-0.25, -0.2) is 4.79 Å². The van der Waals surface area contributed by atoms with Crippen LogP contribution in [0.3, 0.4) is 0 Å². The normalized spacial score (nSPS) is 12.8. The van der Waals surface area contributed by atoms with Gasteiger partial charge >= 0.3 is 6.03 Å². The number of amides is 2. The van der Waals surface area contributed by atoms with E-state index in [4.69, 9.17) is 5.73 Å². The van der Waals surface area contributed by atoms with Crippen molar-refractivity contribution in [1.29, 1.82) is 0 Å². The zero-order valence-corrected chi connectivity index (χ0v) is 5.27. The van der Waals surface area contributed by atoms with Crippen LogP contribution in [0.1, 0.15) is 20.3 Å². The summed E-state index contributed by atoms with van der Waals surface area (Å²) in [6, 6.07) is -0.244. The van der Waals surface area contributed by atoms with Gasteiger partial charge in [-0.15, -0.1) is 0 Å². The van der Waals surface area contributed by atoms with Crippen molar-refractivity contribution in [3.63, 3.8) is 0 Å². The van der Waals surface area contributed by atoms with E-state index >= 15 is 0 Å². The monoisotopic (exact) mass is 116 g/mol. The van der Waals surface area contributed by atoms with Crippen LogP contribution < -0.4 is 11.1 Å². The molecule has 8 heavy (non-hydrogen) atoms. The standard InChI is InChI=1S/C5H12N2O/c1-3-4(2)7-5(6)8/h4H,3H2,1-2H3,(H3,6,7,8)/t4-/m1/s1. The van der Waals surface area contributed by atoms with Crippen molar-refractivity contribution < 1.29 is 4.79 Å². The molecule has 0 radical (unpaired) electrons. The maximum Gasteiger partial charge on any atom is 0.312 e. The molecule has 0 saturated carbocycles. The molecule has 0 unspecified atom stereocenters. The minimum absolute atomic E-state index is 0.201. The summed E-state index contributed by atoms with van der Waals surface area (Å²) < 4.78 is 0. The van der Waals surface area contributed by atoms with Crippen LogP contribution in [0.15, 0.2) is 0 Å². The fourth-order valence-electron chi connectivity index (χ4n) is 0.345. The predicted octanol–water partition coefficient (Wildman–Crippen LogP) is 0.453. The van der Waals surface area contributed by atoms with Gasteiger partial charge in [-0.1, -0.05) is 6.92 Å². The lowest BCUT2D eigenvalue weighted by Crippen LogP contribution is -2.36. The molecule has 1 atom stereocenters. The summed E-state index contributed by atoms with van der Waals surface area (Å²) in [4.78, 5) is 10.1. The number of hydrogen-bond acceptors (Lipinski definition) is 1. The molecule has 3 heteroatoms. The van der Waals surface area contributed by atoms with Crippen LogP contribution in [0, 0.1) is 0 Å². The zero-order chi connectivity index (χ0) is 6.57. The quantitative estimate of drug-likeness (QED) is 0.540. The van der Waals surface area contributed by atoms with E-state index < -0.39 is 6.03 Å². The van der Waals surface area contributed by atoms with Crippen LogP contribution in [-0.4, -0.2) is 12.1 Å². The summed E-state index contributed by atoms with van der Waals surface area (Å²) >= 11 is 0. The van der Waals surface area contributed by atoms with Crippen molar-refractivity contribution in [2.45, 2.75) is 26.3 Å². The van der Waals surface area contributed by atoms with E-state index in [0.29, 0.717) is 0 Å². The zero-order valence-electron chi connectivity index (χ0n) is 5.27. The van der Waals surface area contributed by atoms with E-state index in [1.165, 1.54) is 0 Å². The van der Waals surface area contributed by atoms with Crippen LogP contribution in [0.5, 0.6) is 0 Å². The summed E-state index contributed by atoms with van der Waals surface area (Å²) in [7, 11) is 0. The average molecular weight is 116 g/mol. The van der Waals surface area contributed by atoms with Gasteiger partial charge in [0.25, 0.3) is 0 Å². The van der Waals surface area contributed by atoms with E-state index in [-0.39, 0.29) is 6.04 Å². The summed E-state index contributed by atoms with van der Waals surface area (Å²) in [5, 5.41) is 2.53. The van der Waals surface area contributed by atoms with E-state index in [0.717, 1.165) is 6.42 Å². The molecule has 0 aromatic heterocycles. The fourth-order valence-corrected chi connectivity index (χ4v) is 0.345. The van der Waals surface area contributed by atoms with Gasteiger partial charge in [-0.2, -0.15) is 0 Å². The number of carbonyl (C=O) groups is 1. The molecule has 2 amide bonds. The molecule has 3 N–H and O–H groups in total. The lowest BCUT2D eigenvalue weighted by atomic mass is 10.3. The molecular formula is C5H12N2O. The second kappa shape index (κ2) is 3.29. The highest BCUT2D eigenvalue weighted by atomic mass is 16.2. The topological polar surface area (TPSA) is 55.1 Å². The molecule has 0 saturated heterocycles. The van der Waals surface area contributed by atoms with Gasteiger partial charge in [0.2, 0.25) is 0 Å². The summed E-state index contributed by atoms with van der Waals surface area (Å²) in [6.07, 6.45) is 0.920. The van der Waals surface area contributed by atoms with E-state index in [1.54, 1.807) is 0 Å². The van der Waals surface area contributed by atoms with Crippen LogP contribution in [-0.2, 0) is 0 Å². The molecule has 0 fully saturated rings. The molecule has 0 aliphatic rings. The highest BCUT2D eigenvalue weighted by molar-refractivity contribution is 5.71. The first kappa shape index (κ1) is 7.27. The number of rotatable bonds is 2. The number of hydrogen-bond donors (Lipinski definition) is 2. The first-order valence-corrected chi connectivity index (χ1v) is 2.72. The smallest absolute Gasteiger partial charge is 0.312 e. The Hall–Kier alpha value is -0.730. The highest BCUT2D eigenvalue weighted by Crippen LogP contribution is 1.84. The molecule has 48 valence electrons. The number of nitrogens with one attached hydrogen (secondary N) is 1. The number of urea groups is 1. The average Bonchev–Trinajstić information content (AvgIpc) is 1.65. The van der Waals surface area contributed by atoms with E-state index in [9.17, 15) is 4.79 Å². The van der Waals surface area contributed by atoms with Gasteiger partial charge in [-0.3, -0.25) is 0 Å². The Labute approximate surface area is 49.3 Å². The second-order valence-corrected chi connectivity index (χ2v) is 1.82. The third kappa shape index (κ3) is 3.46. The van der Waals surface area contributed by atoms with Crippen LogP contribution >= 0.6 is 0 Å². The third-order valence-corrected chi connectivity index (χ3v) is 1.00. The molecule has 0 bridgehead atoms. The minimum atomic E-state index is -0.445. The maximum atomic E-state index is 10.1. The molecule has 0 aromatic rings. The van der Waals surface area contributed by atoms with Gasteiger partial charge in [0.15, 0.2) is 0 Å². The largest absolute Gasteiger partial charge is 0.352 e. The highest BCUT2D eigenvalue weighted by Gasteiger charge is 1.97. The molecule has 0 spiro atoms. The molecule has 0 heterocycles. The van der Waals surface area contributed by atoms with Crippen molar-refractivity contribution in [2.75, 3.05) is 0 Å². The van der Waals surface area contributed by atoms with Crippen LogP contribution in [0.2, 0.25) is 0 Å². The summed E-state index contributed by atoms with van der Waals surface area (Å²) in [5.74, 6) is 0. The summed E-state index contributed by atoms with van der Waals surface area (Å²) in [5.41, 5.74) is 4.82. The Balaban J connectivity index is 3.24. The van der Waals surface area contributed by atoms with Crippen LogP contribution in [0.25, 0.3) is 0 Å². The Morgan fingerprint density at radius 2 is 2.38 bits per heavy atom. The molecule has 3 nitrogen and oxygen atoms in total.